The number of nitrogens with one attached hydrogen (secondary N) is 3. The van der Waals surface area contributed by atoms with E-state index in [1.807, 2.05) is 24.3 Å². The summed E-state index contributed by atoms with van der Waals surface area (Å²) in [4.78, 5) is 74.9. The molecule has 5 heterocycles. The number of anilines is 2. The Kier molecular flexibility index (Phi) is 10.6. The number of rotatable bonds is 9. The number of hydrogen-bond acceptors (Lipinski definition) is 10. The van der Waals surface area contributed by atoms with Crippen LogP contribution in [-0.4, -0.2) is 102 Å². The number of aromatic amines is 1. The van der Waals surface area contributed by atoms with E-state index in [1.54, 1.807) is 23.1 Å². The summed E-state index contributed by atoms with van der Waals surface area (Å²) >= 11 is 0. The van der Waals surface area contributed by atoms with Gasteiger partial charge in [-0.05, 0) is 85.3 Å². The Morgan fingerprint density at radius 2 is 1.53 bits per heavy atom. The van der Waals surface area contributed by atoms with E-state index in [-0.39, 0.29) is 47.8 Å². The average Bonchev–Trinajstić information content (AvgIpc) is 3.59. The van der Waals surface area contributed by atoms with Crippen LogP contribution in [-0.2, 0) is 16.1 Å². The molecule has 0 unspecified atom stereocenters. The molecule has 322 valence electrons. The van der Waals surface area contributed by atoms with E-state index in [1.165, 1.54) is 6.07 Å². The molecule has 1 saturated carbocycles. The molecule has 9 rings (SSSR count). The van der Waals surface area contributed by atoms with Crippen LogP contribution < -0.4 is 30.7 Å². The number of imide groups is 1. The lowest BCUT2D eigenvalue weighted by atomic mass is 9.49. The van der Waals surface area contributed by atoms with E-state index in [2.05, 4.69) is 82.3 Å². The fourth-order valence-electron chi connectivity index (χ4n) is 11.1. The van der Waals surface area contributed by atoms with Crippen molar-refractivity contribution in [3.05, 3.63) is 99.3 Å². The van der Waals surface area contributed by atoms with E-state index in [9.17, 15) is 29.2 Å². The predicted octanol–water partition coefficient (Wildman–Crippen LogP) is 4.81. The quantitative estimate of drug-likeness (QED) is 0.199. The second kappa shape index (κ2) is 15.9. The number of carbonyl (C=O) groups is 4. The molecule has 14 heteroatoms. The average molecular weight is 839 g/mol. The summed E-state index contributed by atoms with van der Waals surface area (Å²) in [5.74, 6) is 0.262. The number of piperazine rings is 1. The minimum atomic E-state index is -0.608. The Bertz CT molecular complexity index is 2530. The molecular weight excluding hydrogens is 785 g/mol. The number of pyridine rings is 1. The highest BCUT2D eigenvalue weighted by molar-refractivity contribution is 6.05. The summed E-state index contributed by atoms with van der Waals surface area (Å²) < 4.78 is 6.62. The zero-order valence-corrected chi connectivity index (χ0v) is 35.8. The molecule has 4 aromatic rings. The summed E-state index contributed by atoms with van der Waals surface area (Å²) in [5.41, 5.74) is 4.07. The Hall–Kier alpha value is -6.20. The summed E-state index contributed by atoms with van der Waals surface area (Å²) in [5, 5.41) is 15.9. The molecule has 3 saturated heterocycles. The van der Waals surface area contributed by atoms with Crippen LogP contribution in [0.4, 0.5) is 11.4 Å². The lowest BCUT2D eigenvalue weighted by molar-refractivity contribution is -0.163. The topological polar surface area (TPSA) is 171 Å². The van der Waals surface area contributed by atoms with Gasteiger partial charge in [-0.2, -0.15) is 5.26 Å². The van der Waals surface area contributed by atoms with Crippen LogP contribution in [0, 0.1) is 28.1 Å². The Balaban J connectivity index is 0.737. The van der Waals surface area contributed by atoms with E-state index in [4.69, 9.17) is 4.74 Å². The number of piperidine rings is 2. The minimum Gasteiger partial charge on any atom is -0.488 e. The van der Waals surface area contributed by atoms with Gasteiger partial charge in [0.25, 0.3) is 11.8 Å². The van der Waals surface area contributed by atoms with Gasteiger partial charge in [0.1, 0.15) is 24.0 Å². The standard InChI is InChI=1S/C48H54N8O6/c1-47(2)45(48(3,4)46(47)62-38-14-8-31(26-49)41-35(38)12-15-39(57)50-41)52-42(59)30-5-9-33(10-6-30)54-19-17-29(18-20-54)27-53-21-23-55(24-22-53)34-11-7-32-28-56(44(61)36(32)25-34)37-13-16-40(58)51-43(37)60/h5-12,14-15,25,29,37,45-46H,13,16-24,27-28H2,1-4H3,(H,50,57)(H,52,59)(H,51,58,60)/t37-,45?,46?/m0/s1. The highest BCUT2D eigenvalue weighted by Crippen LogP contribution is 2.56. The zero-order valence-electron chi connectivity index (χ0n) is 35.8. The second-order valence-corrected chi connectivity index (χ2v) is 18.9. The van der Waals surface area contributed by atoms with Crippen molar-refractivity contribution in [2.24, 2.45) is 16.7 Å². The molecule has 1 aromatic heterocycles. The lowest BCUT2D eigenvalue weighted by Crippen LogP contribution is -2.74. The van der Waals surface area contributed by atoms with Gasteiger partial charge in [0.2, 0.25) is 17.4 Å². The smallest absolute Gasteiger partial charge is 0.255 e. The van der Waals surface area contributed by atoms with Crippen LogP contribution >= 0.6 is 0 Å². The van der Waals surface area contributed by atoms with Crippen molar-refractivity contribution in [2.75, 3.05) is 55.6 Å². The molecule has 1 atom stereocenters. The Morgan fingerprint density at radius 1 is 0.839 bits per heavy atom. The van der Waals surface area contributed by atoms with Crippen LogP contribution in [0.2, 0.25) is 0 Å². The first-order chi connectivity index (χ1) is 29.7. The molecule has 0 radical (unpaired) electrons. The van der Waals surface area contributed by atoms with Crippen molar-refractivity contribution in [3.63, 3.8) is 0 Å². The monoisotopic (exact) mass is 838 g/mol. The first kappa shape index (κ1) is 41.2. The summed E-state index contributed by atoms with van der Waals surface area (Å²) in [7, 11) is 0. The number of hydrogen-bond donors (Lipinski definition) is 3. The molecule has 3 aromatic carbocycles. The number of amides is 4. The van der Waals surface area contributed by atoms with Gasteiger partial charge in [-0.25, -0.2) is 0 Å². The molecule has 0 spiro atoms. The number of nitriles is 1. The highest BCUT2D eigenvalue weighted by atomic mass is 16.5. The van der Waals surface area contributed by atoms with Crippen molar-refractivity contribution < 1.29 is 23.9 Å². The van der Waals surface area contributed by atoms with Gasteiger partial charge in [0.05, 0.1) is 11.1 Å². The van der Waals surface area contributed by atoms with Gasteiger partial charge in [-0.15, -0.1) is 0 Å². The van der Waals surface area contributed by atoms with Crippen LogP contribution in [0.5, 0.6) is 5.75 Å². The van der Waals surface area contributed by atoms with Crippen molar-refractivity contribution in [1.29, 1.82) is 5.26 Å². The third-order valence-electron chi connectivity index (χ3n) is 14.2. The third kappa shape index (κ3) is 7.46. The lowest BCUT2D eigenvalue weighted by Gasteiger charge is -2.63. The SMILES string of the molecule is CC1(C)C(NC(=O)c2ccc(N3CCC(CN4CCN(c5ccc6c(c5)C(=O)N([C@H]5CCC(=O)NC5=O)C6)CC4)CC3)cc2)C(C)(C)C1Oc1ccc(C#N)c2[nH]c(=O)ccc12. The highest BCUT2D eigenvalue weighted by Gasteiger charge is 2.64. The number of nitrogens with zero attached hydrogens (tertiary/aromatic N) is 5. The van der Waals surface area contributed by atoms with Gasteiger partial charge in [0, 0.05) is 110 Å². The fraction of sp³-hybridized carbons (Fsp3) is 0.458. The molecule has 4 fully saturated rings. The van der Waals surface area contributed by atoms with Crippen LogP contribution in [0.1, 0.15) is 85.2 Å². The zero-order chi connectivity index (χ0) is 43.5. The summed E-state index contributed by atoms with van der Waals surface area (Å²) in [6.07, 6.45) is 2.56. The normalized spacial score (nSPS) is 23.7. The molecule has 4 amide bonds. The molecule has 62 heavy (non-hydrogen) atoms. The molecular formula is C48H54N8O6. The molecule has 4 aliphatic heterocycles. The first-order valence-corrected chi connectivity index (χ1v) is 21.8. The van der Waals surface area contributed by atoms with Crippen molar-refractivity contribution in [2.45, 2.75) is 78.1 Å². The van der Waals surface area contributed by atoms with Crippen LogP contribution in [0.25, 0.3) is 10.9 Å². The second-order valence-electron chi connectivity index (χ2n) is 18.9. The van der Waals surface area contributed by atoms with Gasteiger partial charge in [-0.1, -0.05) is 33.8 Å². The number of carbonyl (C=O) groups excluding carboxylic acids is 4. The van der Waals surface area contributed by atoms with Gasteiger partial charge in [0.15, 0.2) is 0 Å². The van der Waals surface area contributed by atoms with Gasteiger partial charge >= 0.3 is 0 Å². The van der Waals surface area contributed by atoms with Crippen LogP contribution in [0.3, 0.4) is 0 Å². The fourth-order valence-corrected chi connectivity index (χ4v) is 11.1. The Morgan fingerprint density at radius 3 is 2.23 bits per heavy atom. The molecule has 3 N–H and O–H groups in total. The van der Waals surface area contributed by atoms with Crippen molar-refractivity contribution in [1.82, 2.24) is 25.4 Å². The van der Waals surface area contributed by atoms with Crippen LogP contribution in [0.15, 0.2) is 71.5 Å². The maximum Gasteiger partial charge on any atom is 0.255 e. The number of benzene rings is 3. The maximum atomic E-state index is 13.7. The number of ether oxygens (including phenoxy) is 1. The van der Waals surface area contributed by atoms with E-state index in [0.29, 0.717) is 52.2 Å². The number of aromatic nitrogens is 1. The minimum absolute atomic E-state index is 0.123. The summed E-state index contributed by atoms with van der Waals surface area (Å²) in [6.45, 7) is 15.4. The first-order valence-electron chi connectivity index (χ1n) is 21.8. The Labute approximate surface area is 361 Å². The predicted molar refractivity (Wildman–Crippen MR) is 235 cm³/mol. The molecule has 1 aliphatic carbocycles. The van der Waals surface area contributed by atoms with Crippen molar-refractivity contribution >= 4 is 45.9 Å². The van der Waals surface area contributed by atoms with Crippen molar-refractivity contribution in [3.8, 4) is 11.8 Å². The van der Waals surface area contributed by atoms with E-state index < -0.39 is 16.9 Å². The van der Waals surface area contributed by atoms with E-state index >= 15 is 0 Å². The largest absolute Gasteiger partial charge is 0.488 e. The summed E-state index contributed by atoms with van der Waals surface area (Å²) in [6, 6.07) is 21.9. The molecule has 14 nitrogen and oxygen atoms in total. The third-order valence-corrected chi connectivity index (χ3v) is 14.2. The van der Waals surface area contributed by atoms with Gasteiger partial charge in [-0.3, -0.25) is 34.2 Å². The maximum absolute atomic E-state index is 13.7. The molecule has 0 bridgehead atoms. The number of fused-ring (bicyclic) bond motifs is 2. The molecule has 5 aliphatic rings. The van der Waals surface area contributed by atoms with Gasteiger partial charge < -0.3 is 29.7 Å². The number of H-pyrrole nitrogens is 1. The van der Waals surface area contributed by atoms with E-state index in [0.717, 1.165) is 75.6 Å².